The summed E-state index contributed by atoms with van der Waals surface area (Å²) in [5.74, 6) is 0.0232. The van der Waals surface area contributed by atoms with Gasteiger partial charge in [0, 0.05) is 37.5 Å². The maximum Gasteiger partial charge on any atom is 0.246 e. The number of carbonyl (C=O) groups is 1. The van der Waals surface area contributed by atoms with Crippen LogP contribution in [0.2, 0.25) is 0 Å². The van der Waals surface area contributed by atoms with E-state index in [1.807, 2.05) is 38.7 Å². The van der Waals surface area contributed by atoms with Gasteiger partial charge in [0.1, 0.15) is 0 Å². The van der Waals surface area contributed by atoms with Crippen LogP contribution >= 0.6 is 0 Å². The first kappa shape index (κ1) is 16.5. The van der Waals surface area contributed by atoms with Crippen molar-refractivity contribution in [2.75, 3.05) is 7.05 Å². The van der Waals surface area contributed by atoms with E-state index >= 15 is 0 Å². The summed E-state index contributed by atoms with van der Waals surface area (Å²) in [6.07, 6.45) is 3.51. The number of likely N-dealkylation sites (N-methyl/N-ethyl adjacent to an activating group) is 1. The van der Waals surface area contributed by atoms with Crippen LogP contribution in [0.1, 0.15) is 44.6 Å². The minimum atomic E-state index is 0.0232. The van der Waals surface area contributed by atoms with Gasteiger partial charge >= 0.3 is 0 Å². The lowest BCUT2D eigenvalue weighted by Gasteiger charge is -2.34. The Morgan fingerprint density at radius 3 is 2.30 bits per heavy atom. The van der Waals surface area contributed by atoms with Crippen molar-refractivity contribution in [1.82, 2.24) is 14.7 Å². The molecule has 0 bridgehead atoms. The largest absolute Gasteiger partial charge is 0.339 e. The quantitative estimate of drug-likeness (QED) is 0.797. The van der Waals surface area contributed by atoms with E-state index in [4.69, 9.17) is 0 Å². The van der Waals surface area contributed by atoms with E-state index in [1.165, 1.54) is 0 Å². The summed E-state index contributed by atoms with van der Waals surface area (Å²) in [5, 5.41) is 4.35. The van der Waals surface area contributed by atoms with Gasteiger partial charge in [0.2, 0.25) is 5.91 Å². The third kappa shape index (κ3) is 3.50. The van der Waals surface area contributed by atoms with Gasteiger partial charge in [-0.3, -0.25) is 9.48 Å². The molecule has 0 aliphatic heterocycles. The molecule has 4 heteroatoms. The third-order valence-electron chi connectivity index (χ3n) is 4.14. The SMILES string of the molecule is Cc1nn(C)c(C)c1/C=C/C(=O)N(C)C(C)C(C)(C)C. The molecule has 1 heterocycles. The minimum Gasteiger partial charge on any atom is -0.339 e. The molecule has 0 saturated carbocycles. The van der Waals surface area contributed by atoms with Crippen LogP contribution < -0.4 is 0 Å². The Labute approximate surface area is 122 Å². The highest BCUT2D eigenvalue weighted by Gasteiger charge is 2.25. The van der Waals surface area contributed by atoms with E-state index in [9.17, 15) is 4.79 Å². The molecule has 0 fully saturated rings. The Balaban J connectivity index is 2.88. The van der Waals surface area contributed by atoms with Crippen molar-refractivity contribution >= 4 is 12.0 Å². The monoisotopic (exact) mass is 277 g/mol. The van der Waals surface area contributed by atoms with Crippen LogP contribution in [0.5, 0.6) is 0 Å². The molecule has 0 aliphatic rings. The topological polar surface area (TPSA) is 38.1 Å². The highest BCUT2D eigenvalue weighted by Crippen LogP contribution is 2.23. The fourth-order valence-corrected chi connectivity index (χ4v) is 2.08. The molecule has 4 nitrogen and oxygen atoms in total. The number of carbonyl (C=O) groups excluding carboxylic acids is 1. The van der Waals surface area contributed by atoms with Crippen molar-refractivity contribution < 1.29 is 4.79 Å². The summed E-state index contributed by atoms with van der Waals surface area (Å²) in [6, 6.07) is 0.177. The van der Waals surface area contributed by atoms with E-state index in [1.54, 1.807) is 11.0 Å². The van der Waals surface area contributed by atoms with E-state index < -0.39 is 0 Å². The van der Waals surface area contributed by atoms with Gasteiger partial charge in [-0.15, -0.1) is 0 Å². The van der Waals surface area contributed by atoms with Crippen molar-refractivity contribution in [3.8, 4) is 0 Å². The minimum absolute atomic E-state index is 0.0232. The van der Waals surface area contributed by atoms with Gasteiger partial charge in [-0.25, -0.2) is 0 Å². The first-order valence-corrected chi connectivity index (χ1v) is 7.00. The molecule has 1 unspecified atom stereocenters. The average Bonchev–Trinajstić information content (AvgIpc) is 2.58. The summed E-state index contributed by atoms with van der Waals surface area (Å²) >= 11 is 0. The Morgan fingerprint density at radius 1 is 1.35 bits per heavy atom. The van der Waals surface area contributed by atoms with Crippen LogP contribution in [0.15, 0.2) is 6.08 Å². The predicted molar refractivity (Wildman–Crippen MR) is 83.4 cm³/mol. The first-order valence-electron chi connectivity index (χ1n) is 7.00. The molecule has 1 aromatic heterocycles. The second-order valence-electron chi connectivity index (χ2n) is 6.53. The molecule has 112 valence electrons. The highest BCUT2D eigenvalue weighted by atomic mass is 16.2. The van der Waals surface area contributed by atoms with Gasteiger partial charge in [0.25, 0.3) is 0 Å². The number of hydrogen-bond acceptors (Lipinski definition) is 2. The molecule has 0 N–H and O–H groups in total. The molecular formula is C16H27N3O. The first-order chi connectivity index (χ1) is 9.05. The molecule has 0 aromatic carbocycles. The lowest BCUT2D eigenvalue weighted by molar-refractivity contribution is -0.128. The Kier molecular flexibility index (Phi) is 4.79. The molecule has 0 spiro atoms. The van der Waals surface area contributed by atoms with Crippen LogP contribution in [0.25, 0.3) is 6.08 Å². The lowest BCUT2D eigenvalue weighted by atomic mass is 9.87. The normalized spacial score (nSPS) is 13.8. The standard InChI is InChI=1S/C16H27N3O/c1-11-14(12(2)19(8)17-11)9-10-15(20)18(7)13(3)16(4,5)6/h9-10,13H,1-8H3/b10-9+. The van der Waals surface area contributed by atoms with Crippen molar-refractivity contribution in [2.24, 2.45) is 12.5 Å². The molecular weight excluding hydrogens is 250 g/mol. The summed E-state index contributed by atoms with van der Waals surface area (Å²) < 4.78 is 1.83. The molecule has 1 atom stereocenters. The maximum absolute atomic E-state index is 12.2. The van der Waals surface area contributed by atoms with Gasteiger partial charge < -0.3 is 4.90 Å². The zero-order chi connectivity index (χ0) is 15.7. The Hall–Kier alpha value is -1.58. The second kappa shape index (κ2) is 5.81. The number of nitrogens with zero attached hydrogens (tertiary/aromatic N) is 3. The Bertz CT molecular complexity index is 521. The number of hydrogen-bond donors (Lipinski definition) is 0. The zero-order valence-electron chi connectivity index (χ0n) is 14.0. The van der Waals surface area contributed by atoms with E-state index in [2.05, 4.69) is 32.8 Å². The van der Waals surface area contributed by atoms with E-state index in [0.717, 1.165) is 17.0 Å². The van der Waals surface area contributed by atoms with Gasteiger partial charge in [0.05, 0.1) is 5.69 Å². The summed E-state index contributed by atoms with van der Waals surface area (Å²) in [4.78, 5) is 14.0. The highest BCUT2D eigenvalue weighted by molar-refractivity contribution is 5.92. The van der Waals surface area contributed by atoms with Crippen molar-refractivity contribution in [2.45, 2.75) is 47.6 Å². The summed E-state index contributed by atoms with van der Waals surface area (Å²) in [6.45, 7) is 12.5. The van der Waals surface area contributed by atoms with Crippen LogP contribution in [-0.4, -0.2) is 33.7 Å². The zero-order valence-corrected chi connectivity index (χ0v) is 14.0. The lowest BCUT2D eigenvalue weighted by Crippen LogP contribution is -2.42. The number of aryl methyl sites for hydroxylation is 2. The smallest absolute Gasteiger partial charge is 0.246 e. The molecule has 0 saturated heterocycles. The van der Waals surface area contributed by atoms with E-state index in [-0.39, 0.29) is 17.4 Å². The van der Waals surface area contributed by atoms with Crippen molar-refractivity contribution in [1.29, 1.82) is 0 Å². The molecule has 0 aliphatic carbocycles. The maximum atomic E-state index is 12.2. The van der Waals surface area contributed by atoms with Crippen LogP contribution in [0.4, 0.5) is 0 Å². The predicted octanol–water partition coefficient (Wildman–Crippen LogP) is 2.94. The van der Waals surface area contributed by atoms with Gasteiger partial charge in [-0.1, -0.05) is 20.8 Å². The van der Waals surface area contributed by atoms with Gasteiger partial charge in [-0.05, 0) is 32.3 Å². The number of aromatic nitrogens is 2. The fraction of sp³-hybridized carbons (Fsp3) is 0.625. The van der Waals surface area contributed by atoms with Gasteiger partial charge in [-0.2, -0.15) is 5.10 Å². The second-order valence-corrected chi connectivity index (χ2v) is 6.53. The molecule has 0 radical (unpaired) electrons. The summed E-state index contributed by atoms with van der Waals surface area (Å²) in [7, 11) is 3.76. The van der Waals surface area contributed by atoms with Gasteiger partial charge in [0.15, 0.2) is 0 Å². The van der Waals surface area contributed by atoms with Crippen LogP contribution in [0.3, 0.4) is 0 Å². The molecule has 1 amide bonds. The van der Waals surface area contributed by atoms with E-state index in [0.29, 0.717) is 0 Å². The molecule has 1 rings (SSSR count). The average molecular weight is 277 g/mol. The van der Waals surface area contributed by atoms with Crippen molar-refractivity contribution in [3.05, 3.63) is 23.0 Å². The van der Waals surface area contributed by atoms with Crippen LogP contribution in [0, 0.1) is 19.3 Å². The summed E-state index contributed by atoms with van der Waals surface area (Å²) in [5.41, 5.74) is 3.11. The number of amides is 1. The van der Waals surface area contributed by atoms with Crippen molar-refractivity contribution in [3.63, 3.8) is 0 Å². The Morgan fingerprint density at radius 2 is 1.90 bits per heavy atom. The fourth-order valence-electron chi connectivity index (χ4n) is 2.08. The van der Waals surface area contributed by atoms with Crippen LogP contribution in [-0.2, 0) is 11.8 Å². The molecule has 1 aromatic rings. The third-order valence-corrected chi connectivity index (χ3v) is 4.14. The molecule has 20 heavy (non-hydrogen) atoms. The number of rotatable bonds is 3.